The maximum Gasteiger partial charge on any atom is 0.227 e. The lowest BCUT2D eigenvalue weighted by Gasteiger charge is -2.40. The monoisotopic (exact) mass is 303 g/mol. The predicted molar refractivity (Wildman–Crippen MR) is 84.6 cm³/mol. The molecule has 3 atom stereocenters. The van der Waals surface area contributed by atoms with Crippen LogP contribution in [0.25, 0.3) is 0 Å². The van der Waals surface area contributed by atoms with Crippen LogP contribution in [0.3, 0.4) is 0 Å². The molecule has 2 fully saturated rings. The Balaban J connectivity index is 1.73. The van der Waals surface area contributed by atoms with Crippen LogP contribution in [0.1, 0.15) is 30.4 Å². The zero-order valence-electron chi connectivity index (χ0n) is 13.2. The minimum atomic E-state index is -0.291. The summed E-state index contributed by atoms with van der Waals surface area (Å²) in [5.41, 5.74) is 2.24. The number of carbonyl (C=O) groups excluding carboxylic acids is 1. The van der Waals surface area contributed by atoms with E-state index in [9.17, 15) is 9.90 Å². The van der Waals surface area contributed by atoms with Crippen LogP contribution in [-0.2, 0) is 16.0 Å². The highest BCUT2D eigenvalue weighted by atomic mass is 16.5. The third-order valence-corrected chi connectivity index (χ3v) is 5.11. The molecule has 1 aliphatic carbocycles. The molecular formula is C18H25NO3. The van der Waals surface area contributed by atoms with Crippen molar-refractivity contribution in [2.45, 2.75) is 44.8 Å². The van der Waals surface area contributed by atoms with Gasteiger partial charge in [-0.05, 0) is 30.9 Å². The van der Waals surface area contributed by atoms with Gasteiger partial charge in [0.25, 0.3) is 0 Å². The Hall–Kier alpha value is -1.39. The van der Waals surface area contributed by atoms with Crippen LogP contribution in [0.15, 0.2) is 24.3 Å². The molecule has 0 spiro atoms. The molecule has 3 rings (SSSR count). The van der Waals surface area contributed by atoms with E-state index in [4.69, 9.17) is 4.74 Å². The Labute approximate surface area is 132 Å². The molecule has 1 aromatic carbocycles. The Bertz CT molecular complexity index is 531. The normalized spacial score (nSPS) is 28.8. The summed E-state index contributed by atoms with van der Waals surface area (Å²) in [4.78, 5) is 14.7. The van der Waals surface area contributed by atoms with E-state index in [1.54, 1.807) is 0 Å². The van der Waals surface area contributed by atoms with Crippen molar-refractivity contribution in [3.63, 3.8) is 0 Å². The van der Waals surface area contributed by atoms with E-state index in [-0.39, 0.29) is 24.0 Å². The van der Waals surface area contributed by atoms with Gasteiger partial charge in [-0.3, -0.25) is 4.79 Å². The highest BCUT2D eigenvalue weighted by Gasteiger charge is 2.39. The Morgan fingerprint density at radius 3 is 2.91 bits per heavy atom. The van der Waals surface area contributed by atoms with E-state index in [1.807, 2.05) is 36.1 Å². The molecule has 2 aliphatic rings. The number of amides is 1. The van der Waals surface area contributed by atoms with E-state index < -0.39 is 0 Å². The molecule has 1 amide bonds. The molecule has 1 saturated carbocycles. The second kappa shape index (κ2) is 6.80. The smallest absolute Gasteiger partial charge is 0.227 e. The number of benzene rings is 1. The number of rotatable bonds is 3. The molecule has 22 heavy (non-hydrogen) atoms. The molecule has 1 saturated heterocycles. The third kappa shape index (κ3) is 3.18. The summed E-state index contributed by atoms with van der Waals surface area (Å²) in [5, 5.41) is 10.2. The van der Waals surface area contributed by atoms with Crippen molar-refractivity contribution in [1.29, 1.82) is 0 Å². The summed E-state index contributed by atoms with van der Waals surface area (Å²) < 4.78 is 5.59. The number of hydrogen-bond acceptors (Lipinski definition) is 3. The van der Waals surface area contributed by atoms with E-state index in [0.717, 1.165) is 30.4 Å². The van der Waals surface area contributed by atoms with Crippen LogP contribution >= 0.6 is 0 Å². The van der Waals surface area contributed by atoms with Crippen molar-refractivity contribution in [2.24, 2.45) is 5.92 Å². The van der Waals surface area contributed by atoms with Crippen molar-refractivity contribution in [3.05, 3.63) is 35.4 Å². The minimum Gasteiger partial charge on any atom is -0.393 e. The number of aliphatic hydroxyl groups excluding tert-OH is 1. The summed E-state index contributed by atoms with van der Waals surface area (Å²) in [6, 6.07) is 8.07. The minimum absolute atomic E-state index is 0.0303. The average molecular weight is 303 g/mol. The standard InChI is InChI=1S/C18H25NO3/c1-13-5-2-3-6-14(13)11-18(21)19-9-10-22-12-16(19)15-7-4-8-17(15)20/h2-3,5-6,15-17,20H,4,7-12H2,1H3. The number of aliphatic hydroxyl groups is 1. The van der Waals surface area contributed by atoms with Gasteiger partial charge in [-0.2, -0.15) is 0 Å². The van der Waals surface area contributed by atoms with Crippen LogP contribution in [0, 0.1) is 12.8 Å². The van der Waals surface area contributed by atoms with E-state index in [0.29, 0.717) is 26.2 Å². The first kappa shape index (κ1) is 15.5. The van der Waals surface area contributed by atoms with Gasteiger partial charge in [0.1, 0.15) is 0 Å². The van der Waals surface area contributed by atoms with Crippen LogP contribution in [0.4, 0.5) is 0 Å². The molecule has 0 radical (unpaired) electrons. The van der Waals surface area contributed by atoms with Gasteiger partial charge in [0, 0.05) is 12.5 Å². The highest BCUT2D eigenvalue weighted by molar-refractivity contribution is 5.79. The molecule has 4 heteroatoms. The summed E-state index contributed by atoms with van der Waals surface area (Å²) in [7, 11) is 0. The number of hydrogen-bond donors (Lipinski definition) is 1. The molecule has 1 aromatic rings. The number of morpholine rings is 1. The first-order valence-electron chi connectivity index (χ1n) is 8.26. The molecular weight excluding hydrogens is 278 g/mol. The van der Waals surface area contributed by atoms with Crippen molar-refractivity contribution in [2.75, 3.05) is 19.8 Å². The topological polar surface area (TPSA) is 49.8 Å². The van der Waals surface area contributed by atoms with Gasteiger partial charge in [-0.25, -0.2) is 0 Å². The quantitative estimate of drug-likeness (QED) is 0.928. The zero-order chi connectivity index (χ0) is 15.5. The predicted octanol–water partition coefficient (Wildman–Crippen LogP) is 1.93. The van der Waals surface area contributed by atoms with Crippen molar-refractivity contribution < 1.29 is 14.6 Å². The van der Waals surface area contributed by atoms with Crippen LogP contribution < -0.4 is 0 Å². The second-order valence-corrected chi connectivity index (χ2v) is 6.49. The Kier molecular flexibility index (Phi) is 4.79. The van der Waals surface area contributed by atoms with Crippen LogP contribution in [-0.4, -0.2) is 47.8 Å². The van der Waals surface area contributed by atoms with Gasteiger partial charge in [0.2, 0.25) is 5.91 Å². The average Bonchev–Trinajstić information content (AvgIpc) is 2.95. The Morgan fingerprint density at radius 1 is 1.36 bits per heavy atom. The molecule has 4 nitrogen and oxygen atoms in total. The fraction of sp³-hybridized carbons (Fsp3) is 0.611. The van der Waals surface area contributed by atoms with Gasteiger partial charge >= 0.3 is 0 Å². The molecule has 1 N–H and O–H groups in total. The SMILES string of the molecule is Cc1ccccc1CC(=O)N1CCOCC1C1CCCC1O. The van der Waals surface area contributed by atoms with Crippen LogP contribution in [0.5, 0.6) is 0 Å². The summed E-state index contributed by atoms with van der Waals surface area (Å²) in [6.07, 6.45) is 3.03. The Morgan fingerprint density at radius 2 is 2.18 bits per heavy atom. The van der Waals surface area contributed by atoms with Gasteiger partial charge in [0.15, 0.2) is 0 Å². The number of ether oxygens (including phenoxy) is 1. The van der Waals surface area contributed by atoms with Crippen molar-refractivity contribution in [3.8, 4) is 0 Å². The second-order valence-electron chi connectivity index (χ2n) is 6.49. The first-order chi connectivity index (χ1) is 10.7. The summed E-state index contributed by atoms with van der Waals surface area (Å²) in [5.74, 6) is 0.322. The van der Waals surface area contributed by atoms with E-state index in [1.165, 1.54) is 0 Å². The van der Waals surface area contributed by atoms with Gasteiger partial charge in [-0.1, -0.05) is 30.7 Å². The highest BCUT2D eigenvalue weighted by Crippen LogP contribution is 2.32. The summed E-state index contributed by atoms with van der Waals surface area (Å²) in [6.45, 7) is 3.83. The lowest BCUT2D eigenvalue weighted by molar-refractivity contribution is -0.143. The van der Waals surface area contributed by atoms with E-state index >= 15 is 0 Å². The largest absolute Gasteiger partial charge is 0.393 e. The summed E-state index contributed by atoms with van der Waals surface area (Å²) >= 11 is 0. The van der Waals surface area contributed by atoms with Crippen molar-refractivity contribution >= 4 is 5.91 Å². The molecule has 1 heterocycles. The maximum atomic E-state index is 12.8. The molecule has 1 aliphatic heterocycles. The fourth-order valence-electron chi connectivity index (χ4n) is 3.78. The number of aryl methyl sites for hydroxylation is 1. The number of nitrogens with zero attached hydrogens (tertiary/aromatic N) is 1. The van der Waals surface area contributed by atoms with Gasteiger partial charge in [-0.15, -0.1) is 0 Å². The van der Waals surface area contributed by atoms with E-state index in [2.05, 4.69) is 0 Å². The van der Waals surface area contributed by atoms with Crippen LogP contribution in [0.2, 0.25) is 0 Å². The van der Waals surface area contributed by atoms with Crippen molar-refractivity contribution in [1.82, 2.24) is 4.90 Å². The molecule has 0 bridgehead atoms. The third-order valence-electron chi connectivity index (χ3n) is 5.11. The lowest BCUT2D eigenvalue weighted by Crippen LogP contribution is -2.54. The molecule has 0 aromatic heterocycles. The van der Waals surface area contributed by atoms with Gasteiger partial charge in [0.05, 0.1) is 31.8 Å². The first-order valence-corrected chi connectivity index (χ1v) is 8.26. The fourth-order valence-corrected chi connectivity index (χ4v) is 3.78. The lowest BCUT2D eigenvalue weighted by atomic mass is 9.93. The van der Waals surface area contributed by atoms with Gasteiger partial charge < -0.3 is 14.7 Å². The molecule has 3 unspecified atom stereocenters. The molecule has 120 valence electrons. The number of carbonyl (C=O) groups is 1. The maximum absolute atomic E-state index is 12.8. The zero-order valence-corrected chi connectivity index (χ0v) is 13.2.